The Labute approximate surface area is 303 Å². The Balaban J connectivity index is 0.000000316. The van der Waals surface area contributed by atoms with Gasteiger partial charge in [0.15, 0.2) is 5.78 Å². The molecule has 1 aromatic heterocycles. The third-order valence-corrected chi connectivity index (χ3v) is 8.83. The number of nitrogens with zero attached hydrogens (tertiary/aromatic N) is 4. The van der Waals surface area contributed by atoms with Crippen molar-refractivity contribution in [2.45, 2.75) is 87.7 Å². The number of benzene rings is 2. The van der Waals surface area contributed by atoms with Crippen molar-refractivity contribution in [3.63, 3.8) is 0 Å². The van der Waals surface area contributed by atoms with Crippen LogP contribution in [-0.4, -0.2) is 52.8 Å². The van der Waals surface area contributed by atoms with E-state index in [2.05, 4.69) is 11.9 Å². The molecular weight excluding hydrogens is 640 g/mol. The molecule has 0 bridgehead atoms. The summed E-state index contributed by atoms with van der Waals surface area (Å²) in [4.78, 5) is 45.1. The number of para-hydroxylation sites is 1. The Morgan fingerprint density at radius 1 is 1.02 bits per heavy atom. The van der Waals surface area contributed by atoms with Crippen LogP contribution in [0, 0.1) is 31.1 Å². The van der Waals surface area contributed by atoms with E-state index in [-0.39, 0.29) is 23.2 Å². The molecule has 9 nitrogen and oxygen atoms in total. The van der Waals surface area contributed by atoms with Gasteiger partial charge in [-0.1, -0.05) is 25.1 Å². The highest BCUT2D eigenvalue weighted by Crippen LogP contribution is 2.38. The Morgan fingerprint density at radius 2 is 1.71 bits per heavy atom. The average Bonchev–Trinajstić information content (AvgIpc) is 3.08. The lowest BCUT2D eigenvalue weighted by atomic mass is 9.96. The van der Waals surface area contributed by atoms with Gasteiger partial charge in [-0.2, -0.15) is 5.26 Å². The SMILES string of the molecule is CC(=O)/C(C)=C(\C)c1c(N(C(C)=O)c2ccc(Oc3ccccc3)cc2C)ccnc1C.CCOC(C)(C)/C=C(\C#N)C(=O)N1CCC[C@@H](C)C1. The molecule has 1 fully saturated rings. The molecule has 1 saturated heterocycles. The Morgan fingerprint density at radius 3 is 2.27 bits per heavy atom. The van der Waals surface area contributed by atoms with Gasteiger partial charge in [0.25, 0.3) is 5.91 Å². The lowest BCUT2D eigenvalue weighted by molar-refractivity contribution is -0.128. The minimum absolute atomic E-state index is 0.00956. The van der Waals surface area contributed by atoms with Crippen molar-refractivity contribution in [3.8, 4) is 17.6 Å². The van der Waals surface area contributed by atoms with Crippen molar-refractivity contribution in [1.82, 2.24) is 9.88 Å². The van der Waals surface area contributed by atoms with Gasteiger partial charge < -0.3 is 14.4 Å². The van der Waals surface area contributed by atoms with Crippen LogP contribution in [0.3, 0.4) is 0 Å². The number of likely N-dealkylation sites (tertiary alicyclic amines) is 1. The number of Topliss-reactive ketones (excluding diaryl/α,β-unsaturated/α-hetero) is 1. The normalized spacial score (nSPS) is 15.1. The van der Waals surface area contributed by atoms with Crippen molar-refractivity contribution >= 4 is 34.5 Å². The first-order valence-corrected chi connectivity index (χ1v) is 17.4. The monoisotopic (exact) mass is 692 g/mol. The van der Waals surface area contributed by atoms with Gasteiger partial charge in [-0.25, -0.2) is 0 Å². The highest BCUT2D eigenvalue weighted by Gasteiger charge is 2.26. The van der Waals surface area contributed by atoms with Gasteiger partial charge in [-0.3, -0.25) is 24.3 Å². The van der Waals surface area contributed by atoms with Crippen LogP contribution < -0.4 is 9.64 Å². The summed E-state index contributed by atoms with van der Waals surface area (Å²) in [6.45, 7) is 20.4. The lowest BCUT2D eigenvalue weighted by Crippen LogP contribution is -2.40. The minimum Gasteiger partial charge on any atom is -0.457 e. The summed E-state index contributed by atoms with van der Waals surface area (Å²) in [6.07, 6.45) is 5.49. The molecule has 0 radical (unpaired) electrons. The quantitative estimate of drug-likeness (QED) is 0.154. The van der Waals surface area contributed by atoms with E-state index < -0.39 is 5.60 Å². The fraction of sp³-hybridized carbons (Fsp3) is 0.405. The maximum Gasteiger partial charge on any atom is 0.264 e. The molecule has 1 aliphatic rings. The molecule has 3 aromatic rings. The number of nitriles is 1. The Bertz CT molecular complexity index is 1820. The first-order chi connectivity index (χ1) is 24.1. The van der Waals surface area contributed by atoms with Crippen molar-refractivity contribution in [1.29, 1.82) is 5.26 Å². The summed E-state index contributed by atoms with van der Waals surface area (Å²) < 4.78 is 11.5. The number of pyridine rings is 1. The molecule has 0 unspecified atom stereocenters. The zero-order valence-corrected chi connectivity index (χ0v) is 31.8. The summed E-state index contributed by atoms with van der Waals surface area (Å²) in [5.41, 5.74) is 4.94. The largest absolute Gasteiger partial charge is 0.457 e. The summed E-state index contributed by atoms with van der Waals surface area (Å²) in [7, 11) is 0. The van der Waals surface area contributed by atoms with Gasteiger partial charge in [0, 0.05) is 44.1 Å². The van der Waals surface area contributed by atoms with Crippen molar-refractivity contribution in [2.24, 2.45) is 5.92 Å². The number of aromatic nitrogens is 1. The summed E-state index contributed by atoms with van der Waals surface area (Å²) in [6, 6.07) is 19.0. The van der Waals surface area contributed by atoms with E-state index in [4.69, 9.17) is 9.47 Å². The van der Waals surface area contributed by atoms with Gasteiger partial charge >= 0.3 is 0 Å². The standard InChI is InChI=1S/C27H28N2O3.C15H24N2O2/c1-17-16-24(32-23-10-8-7-9-11-23)12-13-25(17)29(22(6)31)26-14-15-28-20(4)27(26)19(3)18(2)21(5)30;1-5-19-15(3,4)9-13(10-16)14(18)17-8-6-7-12(2)11-17/h7-16H,1-6H3;9,12H,5-8,11H2,1-4H3/b19-18+;13-9+/t;12-/m.1/s1. The van der Waals surface area contributed by atoms with Gasteiger partial charge in [0.05, 0.1) is 17.0 Å². The van der Waals surface area contributed by atoms with E-state index in [0.29, 0.717) is 29.5 Å². The summed E-state index contributed by atoms with van der Waals surface area (Å²) in [5.74, 6) is 1.64. The van der Waals surface area contributed by atoms with Crippen LogP contribution in [0.15, 0.2) is 78.0 Å². The molecular formula is C42H52N4O5. The topological polar surface area (TPSA) is 113 Å². The maximum atomic E-state index is 12.9. The number of ether oxygens (including phenoxy) is 2. The van der Waals surface area contributed by atoms with Gasteiger partial charge in [0.1, 0.15) is 23.1 Å². The van der Waals surface area contributed by atoms with E-state index in [1.165, 1.54) is 6.92 Å². The van der Waals surface area contributed by atoms with Crippen LogP contribution in [0.1, 0.15) is 85.1 Å². The number of rotatable bonds is 10. The molecule has 2 aromatic carbocycles. The lowest BCUT2D eigenvalue weighted by Gasteiger charge is -2.31. The van der Waals surface area contributed by atoms with Gasteiger partial charge in [-0.05, 0) is 133 Å². The third kappa shape index (κ3) is 11.0. The molecule has 0 saturated carbocycles. The molecule has 9 heteroatoms. The number of ketones is 1. The van der Waals surface area contributed by atoms with E-state index in [0.717, 1.165) is 59.8 Å². The molecule has 51 heavy (non-hydrogen) atoms. The predicted octanol–water partition coefficient (Wildman–Crippen LogP) is 9.07. The fourth-order valence-electron chi connectivity index (χ4n) is 6.14. The molecule has 1 aliphatic heterocycles. The third-order valence-electron chi connectivity index (χ3n) is 8.83. The first-order valence-electron chi connectivity index (χ1n) is 17.4. The number of piperidine rings is 1. The highest BCUT2D eigenvalue weighted by atomic mass is 16.5. The number of amides is 2. The number of anilines is 2. The Kier molecular flexibility index (Phi) is 14.4. The second-order valence-corrected chi connectivity index (χ2v) is 13.5. The second-order valence-electron chi connectivity index (χ2n) is 13.5. The molecule has 0 N–H and O–H groups in total. The molecule has 2 heterocycles. The first kappa shape index (κ1) is 40.4. The number of carbonyl (C=O) groups is 3. The number of allylic oxidation sites excluding steroid dienone is 2. The number of carbonyl (C=O) groups excluding carboxylic acids is 3. The van der Waals surface area contributed by atoms with Gasteiger partial charge in [-0.15, -0.1) is 0 Å². The van der Waals surface area contributed by atoms with Crippen molar-refractivity contribution in [2.75, 3.05) is 24.6 Å². The molecule has 2 amide bonds. The predicted molar refractivity (Wildman–Crippen MR) is 203 cm³/mol. The van der Waals surface area contributed by atoms with E-state index in [1.54, 1.807) is 35.9 Å². The smallest absolute Gasteiger partial charge is 0.264 e. The highest BCUT2D eigenvalue weighted by molar-refractivity contribution is 6.06. The second kappa shape index (κ2) is 18.2. The minimum atomic E-state index is -0.586. The molecule has 0 spiro atoms. The maximum absolute atomic E-state index is 12.9. The van der Waals surface area contributed by atoms with Gasteiger partial charge in [0.2, 0.25) is 5.91 Å². The van der Waals surface area contributed by atoms with E-state index >= 15 is 0 Å². The number of hydrogen-bond donors (Lipinski definition) is 0. The average molecular weight is 693 g/mol. The van der Waals surface area contributed by atoms with Crippen molar-refractivity contribution < 1.29 is 23.9 Å². The van der Waals surface area contributed by atoms with Crippen LogP contribution in [0.5, 0.6) is 11.5 Å². The molecule has 4 rings (SSSR count). The van der Waals surface area contributed by atoms with Crippen LogP contribution in [0.2, 0.25) is 0 Å². The summed E-state index contributed by atoms with van der Waals surface area (Å²) >= 11 is 0. The van der Waals surface area contributed by atoms with E-state index in [9.17, 15) is 19.6 Å². The molecule has 270 valence electrons. The fourth-order valence-corrected chi connectivity index (χ4v) is 6.14. The zero-order chi connectivity index (χ0) is 37.9. The van der Waals surface area contributed by atoms with Crippen molar-refractivity contribution in [3.05, 3.63) is 94.8 Å². The zero-order valence-electron chi connectivity index (χ0n) is 31.8. The number of hydrogen-bond acceptors (Lipinski definition) is 7. The van der Waals surface area contributed by atoms with Crippen LogP contribution in [0.25, 0.3) is 5.57 Å². The number of aryl methyl sites for hydroxylation is 2. The Hall–Kier alpha value is -5.07. The summed E-state index contributed by atoms with van der Waals surface area (Å²) in [5, 5.41) is 9.20. The molecule has 1 atom stereocenters. The molecule has 0 aliphatic carbocycles. The van der Waals surface area contributed by atoms with Crippen LogP contribution >= 0.6 is 0 Å². The van der Waals surface area contributed by atoms with E-state index in [1.807, 2.05) is 102 Å². The van der Waals surface area contributed by atoms with Crippen LogP contribution in [0.4, 0.5) is 11.4 Å². The van der Waals surface area contributed by atoms with Crippen LogP contribution in [-0.2, 0) is 19.1 Å².